The van der Waals surface area contributed by atoms with Crippen LogP contribution in [0.15, 0.2) is 24.3 Å². The Kier molecular flexibility index (Phi) is 4.72. The Balaban J connectivity index is 1.93. The maximum atomic E-state index is 12.2. The predicted octanol–water partition coefficient (Wildman–Crippen LogP) is 2.13. The van der Waals surface area contributed by atoms with Gasteiger partial charge >= 0.3 is 0 Å². The zero-order chi connectivity index (χ0) is 13.8. The van der Waals surface area contributed by atoms with E-state index < -0.39 is 0 Å². The molecule has 1 fully saturated rings. The molecule has 2 atom stereocenters. The minimum absolute atomic E-state index is 0.172. The number of aliphatic hydroxyl groups is 1. The summed E-state index contributed by atoms with van der Waals surface area (Å²) in [6.07, 6.45) is 1.55. The summed E-state index contributed by atoms with van der Waals surface area (Å²) in [7, 11) is 0. The van der Waals surface area contributed by atoms with Crippen LogP contribution in [0.2, 0.25) is 0 Å². The van der Waals surface area contributed by atoms with E-state index in [1.165, 1.54) is 5.56 Å². The molecule has 1 aliphatic heterocycles. The monoisotopic (exact) mass is 261 g/mol. The lowest BCUT2D eigenvalue weighted by atomic mass is 9.96. The van der Waals surface area contributed by atoms with Gasteiger partial charge in [-0.3, -0.25) is 9.69 Å². The maximum Gasteiger partial charge on any atom is 0.176 e. The summed E-state index contributed by atoms with van der Waals surface area (Å²) in [4.78, 5) is 14.3. The third kappa shape index (κ3) is 3.64. The van der Waals surface area contributed by atoms with Crippen LogP contribution in [-0.2, 0) is 6.42 Å². The van der Waals surface area contributed by atoms with Crippen molar-refractivity contribution in [3.05, 3.63) is 35.4 Å². The van der Waals surface area contributed by atoms with Crippen LogP contribution in [0.5, 0.6) is 0 Å². The molecule has 19 heavy (non-hydrogen) atoms. The normalized spacial score (nSPS) is 24.4. The van der Waals surface area contributed by atoms with Gasteiger partial charge in [0.1, 0.15) is 0 Å². The topological polar surface area (TPSA) is 40.5 Å². The van der Waals surface area contributed by atoms with Crippen LogP contribution in [0.3, 0.4) is 0 Å². The van der Waals surface area contributed by atoms with Crippen LogP contribution < -0.4 is 0 Å². The van der Waals surface area contributed by atoms with Gasteiger partial charge in [0.15, 0.2) is 5.78 Å². The Bertz CT molecular complexity index is 427. The van der Waals surface area contributed by atoms with E-state index in [0.29, 0.717) is 6.54 Å². The van der Waals surface area contributed by atoms with Gasteiger partial charge in [0.2, 0.25) is 0 Å². The van der Waals surface area contributed by atoms with Crippen molar-refractivity contribution in [1.82, 2.24) is 4.90 Å². The average Bonchev–Trinajstić information content (AvgIpc) is 2.43. The number of hydrogen-bond donors (Lipinski definition) is 1. The molecule has 0 saturated carbocycles. The summed E-state index contributed by atoms with van der Waals surface area (Å²) in [5.74, 6) is 0.426. The Morgan fingerprint density at radius 1 is 1.37 bits per heavy atom. The molecule has 0 spiro atoms. The van der Waals surface area contributed by atoms with Crippen LogP contribution in [0, 0.1) is 5.92 Å². The van der Waals surface area contributed by atoms with Gasteiger partial charge in [-0.05, 0) is 24.3 Å². The molecule has 2 unspecified atom stereocenters. The lowest BCUT2D eigenvalue weighted by molar-refractivity contribution is 0.0344. The van der Waals surface area contributed by atoms with Gasteiger partial charge in [-0.25, -0.2) is 0 Å². The molecule has 0 aliphatic carbocycles. The van der Waals surface area contributed by atoms with Gasteiger partial charge in [0.05, 0.1) is 12.6 Å². The molecule has 0 bridgehead atoms. The number of aryl methyl sites for hydroxylation is 1. The van der Waals surface area contributed by atoms with Crippen LogP contribution in [-0.4, -0.2) is 41.5 Å². The molecule has 0 amide bonds. The van der Waals surface area contributed by atoms with E-state index in [1.807, 2.05) is 31.2 Å². The Labute approximate surface area is 115 Å². The quantitative estimate of drug-likeness (QED) is 0.844. The van der Waals surface area contributed by atoms with Gasteiger partial charge in [-0.15, -0.1) is 0 Å². The number of carbonyl (C=O) groups excluding carboxylic acids is 1. The number of Topliss-reactive ketones (excluding diaryl/α,β-unsaturated/α-hetero) is 1. The van der Waals surface area contributed by atoms with Crippen molar-refractivity contribution in [3.8, 4) is 0 Å². The van der Waals surface area contributed by atoms with E-state index in [0.717, 1.165) is 31.5 Å². The summed E-state index contributed by atoms with van der Waals surface area (Å²) in [5, 5.41) is 9.69. The van der Waals surface area contributed by atoms with Crippen molar-refractivity contribution in [2.24, 2.45) is 5.92 Å². The number of rotatable bonds is 4. The first kappa shape index (κ1) is 14.2. The fourth-order valence-corrected chi connectivity index (χ4v) is 2.58. The lowest BCUT2D eigenvalue weighted by Crippen LogP contribution is -2.44. The summed E-state index contributed by atoms with van der Waals surface area (Å²) in [6.45, 7) is 6.22. The van der Waals surface area contributed by atoms with Crippen LogP contribution in [0.25, 0.3) is 0 Å². The van der Waals surface area contributed by atoms with E-state index in [2.05, 4.69) is 11.8 Å². The molecular formula is C16H23NO2. The van der Waals surface area contributed by atoms with Crippen molar-refractivity contribution >= 4 is 5.78 Å². The van der Waals surface area contributed by atoms with E-state index >= 15 is 0 Å². The fourth-order valence-electron chi connectivity index (χ4n) is 2.58. The Morgan fingerprint density at radius 2 is 2.05 bits per heavy atom. The summed E-state index contributed by atoms with van der Waals surface area (Å²) in [6, 6.07) is 7.89. The number of benzene rings is 1. The molecular weight excluding hydrogens is 238 g/mol. The summed E-state index contributed by atoms with van der Waals surface area (Å²) < 4.78 is 0. The highest BCUT2D eigenvalue weighted by Gasteiger charge is 2.25. The van der Waals surface area contributed by atoms with Crippen LogP contribution >= 0.6 is 0 Å². The zero-order valence-electron chi connectivity index (χ0n) is 11.8. The Hall–Kier alpha value is -1.19. The number of likely N-dealkylation sites (tertiary alicyclic amines) is 1. The van der Waals surface area contributed by atoms with Crippen molar-refractivity contribution in [2.45, 2.75) is 32.8 Å². The number of ketones is 1. The second kappa shape index (κ2) is 6.31. The highest BCUT2D eigenvalue weighted by molar-refractivity contribution is 5.97. The van der Waals surface area contributed by atoms with Crippen LogP contribution in [0.1, 0.15) is 36.2 Å². The fraction of sp³-hybridized carbons (Fsp3) is 0.562. The maximum absolute atomic E-state index is 12.2. The third-order valence-electron chi connectivity index (χ3n) is 4.00. The van der Waals surface area contributed by atoms with Gasteiger partial charge in [-0.1, -0.05) is 38.1 Å². The zero-order valence-corrected chi connectivity index (χ0v) is 11.8. The SMILES string of the molecule is CCc1ccc(C(=O)CN2CCC(O)C(C)C2)cc1. The van der Waals surface area contributed by atoms with E-state index in [-0.39, 0.29) is 17.8 Å². The molecule has 1 heterocycles. The molecule has 1 N–H and O–H groups in total. The highest BCUT2D eigenvalue weighted by Crippen LogP contribution is 2.17. The largest absolute Gasteiger partial charge is 0.393 e. The minimum Gasteiger partial charge on any atom is -0.393 e. The number of aliphatic hydroxyl groups excluding tert-OH is 1. The third-order valence-corrected chi connectivity index (χ3v) is 4.00. The van der Waals surface area contributed by atoms with Gasteiger partial charge < -0.3 is 5.11 Å². The first-order valence-corrected chi connectivity index (χ1v) is 7.12. The smallest absolute Gasteiger partial charge is 0.176 e. The molecule has 2 rings (SSSR count). The lowest BCUT2D eigenvalue weighted by Gasteiger charge is -2.33. The second-order valence-corrected chi connectivity index (χ2v) is 5.54. The second-order valence-electron chi connectivity index (χ2n) is 5.54. The number of piperidine rings is 1. The number of carbonyl (C=O) groups is 1. The minimum atomic E-state index is -0.213. The molecule has 1 saturated heterocycles. The predicted molar refractivity (Wildman–Crippen MR) is 76.4 cm³/mol. The first-order chi connectivity index (χ1) is 9.10. The van der Waals surface area contributed by atoms with Crippen molar-refractivity contribution < 1.29 is 9.90 Å². The standard InChI is InChI=1S/C16H23NO2/c1-3-13-4-6-14(7-5-13)16(19)11-17-9-8-15(18)12(2)10-17/h4-7,12,15,18H,3,8-11H2,1-2H3. The average molecular weight is 261 g/mol. The number of nitrogens with zero attached hydrogens (tertiary/aromatic N) is 1. The molecule has 3 heteroatoms. The van der Waals surface area contributed by atoms with Crippen molar-refractivity contribution in [2.75, 3.05) is 19.6 Å². The summed E-state index contributed by atoms with van der Waals surface area (Å²) in [5.41, 5.74) is 2.04. The molecule has 0 radical (unpaired) electrons. The van der Waals surface area contributed by atoms with Crippen LogP contribution in [0.4, 0.5) is 0 Å². The van der Waals surface area contributed by atoms with Crippen molar-refractivity contribution in [1.29, 1.82) is 0 Å². The van der Waals surface area contributed by atoms with Gasteiger partial charge in [-0.2, -0.15) is 0 Å². The number of hydrogen-bond acceptors (Lipinski definition) is 3. The van der Waals surface area contributed by atoms with Gasteiger partial charge in [0, 0.05) is 18.7 Å². The molecule has 104 valence electrons. The summed E-state index contributed by atoms with van der Waals surface area (Å²) >= 11 is 0. The highest BCUT2D eigenvalue weighted by atomic mass is 16.3. The molecule has 0 aromatic heterocycles. The first-order valence-electron chi connectivity index (χ1n) is 7.12. The Morgan fingerprint density at radius 3 is 2.63 bits per heavy atom. The molecule has 1 aliphatic rings. The molecule has 1 aromatic carbocycles. The van der Waals surface area contributed by atoms with Crippen molar-refractivity contribution in [3.63, 3.8) is 0 Å². The van der Waals surface area contributed by atoms with E-state index in [9.17, 15) is 9.90 Å². The molecule has 3 nitrogen and oxygen atoms in total. The molecule has 1 aromatic rings. The van der Waals surface area contributed by atoms with Gasteiger partial charge in [0.25, 0.3) is 0 Å². The van der Waals surface area contributed by atoms with E-state index in [1.54, 1.807) is 0 Å². The van der Waals surface area contributed by atoms with E-state index in [4.69, 9.17) is 0 Å².